The summed E-state index contributed by atoms with van der Waals surface area (Å²) in [6.07, 6.45) is 6.77. The molecule has 0 radical (unpaired) electrons. The van der Waals surface area contributed by atoms with Crippen molar-refractivity contribution in [1.82, 2.24) is 15.1 Å². The minimum Gasteiger partial charge on any atom is -0.480 e. The second-order valence-corrected chi connectivity index (χ2v) is 6.83. The van der Waals surface area contributed by atoms with Gasteiger partial charge in [0.05, 0.1) is 0 Å². The Balaban J connectivity index is 1.75. The molecule has 0 bridgehead atoms. The Morgan fingerprint density at radius 3 is 2.40 bits per heavy atom. The molecule has 0 aromatic heterocycles. The lowest BCUT2D eigenvalue weighted by Gasteiger charge is -2.49. The van der Waals surface area contributed by atoms with Crippen LogP contribution in [0.25, 0.3) is 0 Å². The summed E-state index contributed by atoms with van der Waals surface area (Å²) in [7, 11) is 6.42. The van der Waals surface area contributed by atoms with E-state index >= 15 is 0 Å². The number of carboxylic acids is 1. The fraction of sp³-hybridized carbons (Fsp3) is 0.933. The van der Waals surface area contributed by atoms with Crippen molar-refractivity contribution in [1.29, 1.82) is 0 Å². The largest absolute Gasteiger partial charge is 0.480 e. The molecule has 20 heavy (non-hydrogen) atoms. The van der Waals surface area contributed by atoms with Crippen LogP contribution in [0.15, 0.2) is 0 Å². The molecule has 5 nitrogen and oxygen atoms in total. The van der Waals surface area contributed by atoms with E-state index in [1.54, 1.807) is 0 Å². The van der Waals surface area contributed by atoms with Crippen LogP contribution >= 0.6 is 0 Å². The molecule has 2 aliphatic rings. The van der Waals surface area contributed by atoms with Crippen molar-refractivity contribution in [3.05, 3.63) is 0 Å². The smallest absolute Gasteiger partial charge is 0.320 e. The lowest BCUT2D eigenvalue weighted by Crippen LogP contribution is -2.57. The van der Waals surface area contributed by atoms with Gasteiger partial charge in [0.1, 0.15) is 6.04 Å². The van der Waals surface area contributed by atoms with Gasteiger partial charge in [-0.05, 0) is 66.2 Å². The number of rotatable bonds is 9. The van der Waals surface area contributed by atoms with Crippen LogP contribution < -0.4 is 5.32 Å². The molecule has 1 atom stereocenters. The summed E-state index contributed by atoms with van der Waals surface area (Å²) in [5.41, 5.74) is 0.317. The molecule has 0 amide bonds. The SMILES string of the molecule is CN(CCC(NC1CC1)C(=O)O)CC1(N(C)C)CCC1. The molecule has 2 saturated carbocycles. The van der Waals surface area contributed by atoms with Crippen molar-refractivity contribution in [2.24, 2.45) is 0 Å². The second kappa shape index (κ2) is 6.41. The van der Waals surface area contributed by atoms with E-state index in [-0.39, 0.29) is 6.04 Å². The lowest BCUT2D eigenvalue weighted by molar-refractivity contribution is -0.139. The highest BCUT2D eigenvalue weighted by molar-refractivity contribution is 5.73. The van der Waals surface area contributed by atoms with E-state index in [2.05, 4.69) is 36.3 Å². The molecule has 2 fully saturated rings. The lowest BCUT2D eigenvalue weighted by atomic mass is 9.75. The first-order chi connectivity index (χ1) is 9.43. The molecule has 1 unspecified atom stereocenters. The molecule has 0 aromatic rings. The van der Waals surface area contributed by atoms with Crippen molar-refractivity contribution in [2.75, 3.05) is 34.2 Å². The summed E-state index contributed by atoms with van der Waals surface area (Å²) >= 11 is 0. The van der Waals surface area contributed by atoms with Gasteiger partial charge in [-0.1, -0.05) is 0 Å². The molecular formula is C15H29N3O2. The molecule has 0 aliphatic heterocycles. The third-order valence-electron chi connectivity index (χ3n) is 4.91. The Hall–Kier alpha value is -0.650. The van der Waals surface area contributed by atoms with Gasteiger partial charge >= 0.3 is 5.97 Å². The number of carboxylic acid groups (broad SMARTS) is 1. The van der Waals surface area contributed by atoms with Crippen molar-refractivity contribution in [2.45, 2.75) is 56.1 Å². The highest BCUT2D eigenvalue weighted by Gasteiger charge is 2.39. The summed E-state index contributed by atoms with van der Waals surface area (Å²) in [6, 6.07) is 0.0582. The zero-order valence-electron chi connectivity index (χ0n) is 13.1. The summed E-state index contributed by atoms with van der Waals surface area (Å²) < 4.78 is 0. The van der Waals surface area contributed by atoms with E-state index in [1.165, 1.54) is 19.3 Å². The van der Waals surface area contributed by atoms with Gasteiger partial charge < -0.3 is 20.2 Å². The van der Waals surface area contributed by atoms with Crippen molar-refractivity contribution >= 4 is 5.97 Å². The number of aliphatic carboxylic acids is 1. The molecule has 0 saturated heterocycles. The Kier molecular flexibility index (Phi) is 5.04. The molecule has 2 rings (SSSR count). The predicted molar refractivity (Wildman–Crippen MR) is 80.0 cm³/mol. The van der Waals surface area contributed by atoms with Crippen LogP contribution in [-0.2, 0) is 4.79 Å². The number of hydrogen-bond donors (Lipinski definition) is 2. The number of hydrogen-bond acceptors (Lipinski definition) is 4. The summed E-state index contributed by atoms with van der Waals surface area (Å²) in [6.45, 7) is 1.88. The van der Waals surface area contributed by atoms with E-state index in [4.69, 9.17) is 0 Å². The summed E-state index contributed by atoms with van der Waals surface area (Å²) in [5, 5.41) is 12.5. The summed E-state index contributed by atoms with van der Waals surface area (Å²) in [5.74, 6) is -0.712. The maximum atomic E-state index is 11.2. The van der Waals surface area contributed by atoms with Crippen molar-refractivity contribution in [3.8, 4) is 0 Å². The van der Waals surface area contributed by atoms with Crippen LogP contribution in [0.3, 0.4) is 0 Å². The van der Waals surface area contributed by atoms with Gasteiger partial charge in [-0.15, -0.1) is 0 Å². The van der Waals surface area contributed by atoms with Crippen LogP contribution in [-0.4, -0.2) is 72.7 Å². The van der Waals surface area contributed by atoms with Gasteiger partial charge in [0, 0.05) is 18.1 Å². The van der Waals surface area contributed by atoms with Gasteiger partial charge in [-0.2, -0.15) is 0 Å². The monoisotopic (exact) mass is 283 g/mol. The fourth-order valence-corrected chi connectivity index (χ4v) is 3.08. The van der Waals surface area contributed by atoms with Crippen LogP contribution in [0.5, 0.6) is 0 Å². The average molecular weight is 283 g/mol. The third-order valence-corrected chi connectivity index (χ3v) is 4.91. The number of nitrogens with one attached hydrogen (secondary N) is 1. The van der Waals surface area contributed by atoms with Gasteiger partial charge in [-0.3, -0.25) is 4.79 Å². The normalized spacial score (nSPS) is 22.9. The van der Waals surface area contributed by atoms with Gasteiger partial charge in [0.15, 0.2) is 0 Å². The maximum Gasteiger partial charge on any atom is 0.320 e. The molecule has 5 heteroatoms. The summed E-state index contributed by atoms with van der Waals surface area (Å²) in [4.78, 5) is 15.9. The van der Waals surface area contributed by atoms with E-state index < -0.39 is 5.97 Å². The molecule has 0 heterocycles. The van der Waals surface area contributed by atoms with E-state index in [1.807, 2.05) is 0 Å². The molecule has 0 aromatic carbocycles. The Bertz CT molecular complexity index is 338. The minimum atomic E-state index is -0.712. The zero-order chi connectivity index (χ0) is 14.8. The predicted octanol–water partition coefficient (Wildman–Crippen LogP) is 0.998. The van der Waals surface area contributed by atoms with Gasteiger partial charge in [-0.25, -0.2) is 0 Å². The van der Waals surface area contributed by atoms with Gasteiger partial charge in [0.2, 0.25) is 0 Å². The highest BCUT2D eigenvalue weighted by Crippen LogP contribution is 2.36. The van der Waals surface area contributed by atoms with Crippen LogP contribution in [0.1, 0.15) is 38.5 Å². The van der Waals surface area contributed by atoms with E-state index in [9.17, 15) is 9.90 Å². The average Bonchev–Trinajstić information content (AvgIpc) is 3.12. The molecular weight excluding hydrogens is 254 g/mol. The molecule has 116 valence electrons. The minimum absolute atomic E-state index is 0.317. The zero-order valence-corrected chi connectivity index (χ0v) is 13.1. The van der Waals surface area contributed by atoms with E-state index in [0.29, 0.717) is 18.0 Å². The first-order valence-corrected chi connectivity index (χ1v) is 7.78. The Labute approximate surface area is 122 Å². The fourth-order valence-electron chi connectivity index (χ4n) is 3.08. The topological polar surface area (TPSA) is 55.8 Å². The van der Waals surface area contributed by atoms with E-state index in [0.717, 1.165) is 25.9 Å². The number of likely N-dealkylation sites (N-methyl/N-ethyl adjacent to an activating group) is 2. The van der Waals surface area contributed by atoms with Gasteiger partial charge in [0.25, 0.3) is 0 Å². The Morgan fingerprint density at radius 2 is 2.00 bits per heavy atom. The number of nitrogens with zero attached hydrogens (tertiary/aromatic N) is 2. The van der Waals surface area contributed by atoms with Crippen molar-refractivity contribution in [3.63, 3.8) is 0 Å². The molecule has 2 aliphatic carbocycles. The van der Waals surface area contributed by atoms with Crippen LogP contribution in [0.2, 0.25) is 0 Å². The standard InChI is InChI=1S/C15H29N3O2/c1-17(2)15(8-4-9-15)11-18(3)10-7-13(14(19)20)16-12-5-6-12/h12-13,16H,4-11H2,1-3H3,(H,19,20). The van der Waals surface area contributed by atoms with Crippen LogP contribution in [0, 0.1) is 0 Å². The van der Waals surface area contributed by atoms with Crippen LogP contribution in [0.4, 0.5) is 0 Å². The Morgan fingerprint density at radius 1 is 1.35 bits per heavy atom. The third kappa shape index (κ3) is 3.93. The highest BCUT2D eigenvalue weighted by atomic mass is 16.4. The van der Waals surface area contributed by atoms with Crippen molar-refractivity contribution < 1.29 is 9.90 Å². The second-order valence-electron chi connectivity index (χ2n) is 6.83. The molecule has 2 N–H and O–H groups in total. The molecule has 0 spiro atoms. The first-order valence-electron chi connectivity index (χ1n) is 7.78. The first kappa shape index (κ1) is 15.7. The maximum absolute atomic E-state index is 11.2. The quantitative estimate of drug-likeness (QED) is 0.661. The number of carbonyl (C=O) groups is 1.